The molecule has 0 radical (unpaired) electrons. The van der Waals surface area contributed by atoms with E-state index in [-0.39, 0.29) is 0 Å². The molecule has 2 heterocycles. The van der Waals surface area contributed by atoms with Crippen LogP contribution >= 0.6 is 11.5 Å². The molecule has 0 bridgehead atoms. The average Bonchev–Trinajstić information content (AvgIpc) is 2.76. The predicted octanol–water partition coefficient (Wildman–Crippen LogP) is 2.31. The van der Waals surface area contributed by atoms with Crippen LogP contribution in [0, 0.1) is 18.8 Å². The highest BCUT2D eigenvalue weighted by atomic mass is 32.1. The van der Waals surface area contributed by atoms with Gasteiger partial charge >= 0.3 is 0 Å². The Labute approximate surface area is 114 Å². The normalized spacial score (nSPS) is 17.7. The Balaban J connectivity index is 1.71. The molecule has 102 valence electrons. The summed E-state index contributed by atoms with van der Waals surface area (Å²) in [5.41, 5.74) is 0. The van der Waals surface area contributed by atoms with Gasteiger partial charge in [-0.3, -0.25) is 0 Å². The Morgan fingerprint density at radius 3 is 2.67 bits per heavy atom. The van der Waals surface area contributed by atoms with E-state index in [0.29, 0.717) is 0 Å². The van der Waals surface area contributed by atoms with Gasteiger partial charge in [-0.05, 0) is 44.7 Å². The van der Waals surface area contributed by atoms with Gasteiger partial charge in [-0.1, -0.05) is 13.8 Å². The maximum Gasteiger partial charge on any atom is 0.205 e. The lowest BCUT2D eigenvalue weighted by Crippen LogP contribution is -2.37. The highest BCUT2D eigenvalue weighted by Gasteiger charge is 2.21. The summed E-state index contributed by atoms with van der Waals surface area (Å²) in [5.74, 6) is 2.47. The van der Waals surface area contributed by atoms with Crippen LogP contribution in [0.5, 0.6) is 0 Å². The molecule has 0 aromatic carbocycles. The summed E-state index contributed by atoms with van der Waals surface area (Å²) >= 11 is 1.53. The Hall–Kier alpha value is -0.680. The third-order valence-electron chi connectivity index (χ3n) is 3.39. The summed E-state index contributed by atoms with van der Waals surface area (Å²) in [6, 6.07) is 0. The first-order valence-electron chi connectivity index (χ1n) is 6.91. The predicted molar refractivity (Wildman–Crippen MR) is 77.3 cm³/mol. The fourth-order valence-corrected chi connectivity index (χ4v) is 3.04. The summed E-state index contributed by atoms with van der Waals surface area (Å²) in [5, 5.41) is 4.67. The van der Waals surface area contributed by atoms with Gasteiger partial charge in [0.15, 0.2) is 0 Å². The molecule has 1 N–H and O–H groups in total. The number of piperidine rings is 1. The van der Waals surface area contributed by atoms with Crippen LogP contribution in [0.4, 0.5) is 5.13 Å². The van der Waals surface area contributed by atoms with E-state index in [9.17, 15) is 0 Å². The van der Waals surface area contributed by atoms with Crippen LogP contribution in [0.1, 0.15) is 32.5 Å². The van der Waals surface area contributed by atoms with Gasteiger partial charge in [0.1, 0.15) is 5.82 Å². The van der Waals surface area contributed by atoms with Gasteiger partial charge in [-0.15, -0.1) is 0 Å². The fourth-order valence-electron chi connectivity index (χ4n) is 2.32. The van der Waals surface area contributed by atoms with E-state index in [0.717, 1.165) is 42.4 Å². The smallest absolute Gasteiger partial charge is 0.205 e. The molecule has 0 spiro atoms. The number of anilines is 1. The first-order valence-corrected chi connectivity index (χ1v) is 7.68. The van der Waals surface area contributed by atoms with Crippen molar-refractivity contribution in [3.8, 4) is 0 Å². The second-order valence-corrected chi connectivity index (χ2v) is 6.34. The minimum Gasteiger partial charge on any atom is -0.347 e. The van der Waals surface area contributed by atoms with Crippen molar-refractivity contribution in [3.05, 3.63) is 5.82 Å². The minimum absolute atomic E-state index is 0.745. The van der Waals surface area contributed by atoms with Crippen LogP contribution in [0.2, 0.25) is 0 Å². The molecule has 1 aliphatic rings. The van der Waals surface area contributed by atoms with E-state index in [2.05, 4.69) is 33.4 Å². The lowest BCUT2D eigenvalue weighted by atomic mass is 9.97. The van der Waals surface area contributed by atoms with Crippen LogP contribution in [0.3, 0.4) is 0 Å². The monoisotopic (exact) mass is 268 g/mol. The summed E-state index contributed by atoms with van der Waals surface area (Å²) < 4.78 is 4.26. The second kappa shape index (κ2) is 6.48. The number of aromatic nitrogens is 2. The average molecular weight is 268 g/mol. The molecule has 0 aliphatic carbocycles. The largest absolute Gasteiger partial charge is 0.347 e. The SMILES string of the molecule is Cc1nsc(N2CCC(CNCC(C)C)CC2)n1. The van der Waals surface area contributed by atoms with Crippen molar-refractivity contribution in [2.45, 2.75) is 33.6 Å². The second-order valence-electron chi connectivity index (χ2n) is 5.61. The van der Waals surface area contributed by atoms with E-state index < -0.39 is 0 Å². The maximum absolute atomic E-state index is 4.46. The third-order valence-corrected chi connectivity index (χ3v) is 4.26. The van der Waals surface area contributed by atoms with Crippen molar-refractivity contribution in [2.75, 3.05) is 31.1 Å². The Kier molecular flexibility index (Phi) is 4.95. The number of nitrogens with zero attached hydrogens (tertiary/aromatic N) is 3. The van der Waals surface area contributed by atoms with Crippen LogP contribution in [0.15, 0.2) is 0 Å². The van der Waals surface area contributed by atoms with Gasteiger partial charge < -0.3 is 10.2 Å². The molecule has 1 saturated heterocycles. The molecule has 0 unspecified atom stereocenters. The highest BCUT2D eigenvalue weighted by molar-refractivity contribution is 7.09. The molecule has 5 heteroatoms. The number of hydrogen-bond acceptors (Lipinski definition) is 5. The first-order chi connectivity index (χ1) is 8.65. The van der Waals surface area contributed by atoms with Gasteiger partial charge in [0.25, 0.3) is 0 Å². The van der Waals surface area contributed by atoms with E-state index in [4.69, 9.17) is 0 Å². The molecule has 1 fully saturated rings. The van der Waals surface area contributed by atoms with Crippen LogP contribution in [-0.4, -0.2) is 35.5 Å². The van der Waals surface area contributed by atoms with Gasteiger partial charge in [-0.25, -0.2) is 4.98 Å². The van der Waals surface area contributed by atoms with Gasteiger partial charge in [-0.2, -0.15) is 4.37 Å². The van der Waals surface area contributed by atoms with Crippen molar-refractivity contribution in [1.29, 1.82) is 0 Å². The van der Waals surface area contributed by atoms with Gasteiger partial charge in [0.05, 0.1) is 0 Å². The van der Waals surface area contributed by atoms with Gasteiger partial charge in [0.2, 0.25) is 5.13 Å². The molecule has 2 rings (SSSR count). The quantitative estimate of drug-likeness (QED) is 0.890. The molecular weight excluding hydrogens is 244 g/mol. The number of aryl methyl sites for hydroxylation is 1. The van der Waals surface area contributed by atoms with Crippen molar-refractivity contribution >= 4 is 16.7 Å². The number of nitrogens with one attached hydrogen (secondary N) is 1. The summed E-state index contributed by atoms with van der Waals surface area (Å²) in [7, 11) is 0. The van der Waals surface area contributed by atoms with Crippen molar-refractivity contribution in [1.82, 2.24) is 14.7 Å². The molecule has 0 saturated carbocycles. The highest BCUT2D eigenvalue weighted by Crippen LogP contribution is 2.24. The van der Waals surface area contributed by atoms with E-state index in [1.165, 1.54) is 30.9 Å². The lowest BCUT2D eigenvalue weighted by molar-refractivity contribution is 0.374. The van der Waals surface area contributed by atoms with E-state index in [1.54, 1.807) is 0 Å². The zero-order valence-electron chi connectivity index (χ0n) is 11.6. The Bertz CT molecular complexity index is 356. The molecule has 1 aromatic rings. The van der Waals surface area contributed by atoms with Gasteiger partial charge in [0, 0.05) is 24.6 Å². The first kappa shape index (κ1) is 13.7. The standard InChI is InChI=1S/C13H24N4S/c1-10(2)8-14-9-12-4-6-17(7-5-12)13-15-11(3)16-18-13/h10,12,14H,4-9H2,1-3H3. The molecule has 0 atom stereocenters. The van der Waals surface area contributed by atoms with Crippen LogP contribution < -0.4 is 10.2 Å². The van der Waals surface area contributed by atoms with E-state index >= 15 is 0 Å². The van der Waals surface area contributed by atoms with Crippen molar-refractivity contribution in [3.63, 3.8) is 0 Å². The summed E-state index contributed by atoms with van der Waals surface area (Å²) in [6.07, 6.45) is 2.54. The minimum atomic E-state index is 0.745. The lowest BCUT2D eigenvalue weighted by Gasteiger charge is -2.31. The summed E-state index contributed by atoms with van der Waals surface area (Å²) in [4.78, 5) is 6.84. The maximum atomic E-state index is 4.46. The van der Waals surface area contributed by atoms with Crippen molar-refractivity contribution < 1.29 is 0 Å². The number of rotatable bonds is 5. The van der Waals surface area contributed by atoms with Crippen LogP contribution in [0.25, 0.3) is 0 Å². The molecule has 18 heavy (non-hydrogen) atoms. The zero-order chi connectivity index (χ0) is 13.0. The molecule has 1 aromatic heterocycles. The number of hydrogen-bond donors (Lipinski definition) is 1. The molecule has 1 aliphatic heterocycles. The summed E-state index contributed by atoms with van der Waals surface area (Å²) in [6.45, 7) is 11.0. The Morgan fingerprint density at radius 1 is 1.39 bits per heavy atom. The van der Waals surface area contributed by atoms with Crippen molar-refractivity contribution in [2.24, 2.45) is 11.8 Å². The molecular formula is C13H24N4S. The Morgan fingerprint density at radius 2 is 2.11 bits per heavy atom. The van der Waals surface area contributed by atoms with Crippen LogP contribution in [-0.2, 0) is 0 Å². The fraction of sp³-hybridized carbons (Fsp3) is 0.846. The molecule has 4 nitrogen and oxygen atoms in total. The topological polar surface area (TPSA) is 41.1 Å². The zero-order valence-corrected chi connectivity index (χ0v) is 12.5. The van der Waals surface area contributed by atoms with E-state index in [1.807, 2.05) is 6.92 Å². The molecule has 0 amide bonds. The third kappa shape index (κ3) is 3.92.